The Morgan fingerprint density at radius 2 is 2.46 bits per heavy atom. The monoisotopic (exact) mass is 180 g/mol. The fourth-order valence-corrected chi connectivity index (χ4v) is 2.16. The molecule has 0 saturated carbocycles. The topological polar surface area (TPSA) is 52.0 Å². The van der Waals surface area contributed by atoms with Crippen LogP contribution in [0.3, 0.4) is 0 Å². The second kappa shape index (κ2) is 2.84. The van der Waals surface area contributed by atoms with Gasteiger partial charge in [-0.1, -0.05) is 19.0 Å². The number of nitrogens with two attached hydrogens (primary N) is 1. The summed E-state index contributed by atoms with van der Waals surface area (Å²) in [4.78, 5) is 0. The molecule has 1 aliphatic rings. The summed E-state index contributed by atoms with van der Waals surface area (Å²) in [6, 6.07) is 0. The van der Waals surface area contributed by atoms with Crippen LogP contribution >= 0.6 is 0 Å². The molecule has 3 heteroatoms. The molecule has 1 aliphatic carbocycles. The van der Waals surface area contributed by atoms with Crippen LogP contribution in [0.2, 0.25) is 0 Å². The molecule has 1 heterocycles. The van der Waals surface area contributed by atoms with Gasteiger partial charge in [-0.3, -0.25) is 0 Å². The van der Waals surface area contributed by atoms with Crippen LogP contribution in [0, 0.1) is 5.41 Å². The Bertz CT molecular complexity index is 304. The summed E-state index contributed by atoms with van der Waals surface area (Å²) in [7, 11) is 0. The highest BCUT2D eigenvalue weighted by Gasteiger charge is 2.37. The molecule has 0 aliphatic heterocycles. The second-order valence-corrected chi connectivity index (χ2v) is 4.49. The number of nitrogens with zero attached hydrogens (tertiary/aromatic N) is 1. The van der Waals surface area contributed by atoms with Crippen LogP contribution in [-0.4, -0.2) is 11.7 Å². The third kappa shape index (κ3) is 1.27. The van der Waals surface area contributed by atoms with E-state index in [0.717, 1.165) is 12.2 Å². The SMILES string of the molecule is CC1(C)CCc2cnoc2C1CN. The third-order valence-electron chi connectivity index (χ3n) is 3.21. The van der Waals surface area contributed by atoms with Crippen molar-refractivity contribution in [1.29, 1.82) is 0 Å². The molecular weight excluding hydrogens is 164 g/mol. The first kappa shape index (κ1) is 8.75. The summed E-state index contributed by atoms with van der Waals surface area (Å²) in [5.41, 5.74) is 7.26. The highest BCUT2D eigenvalue weighted by Crippen LogP contribution is 2.44. The van der Waals surface area contributed by atoms with Gasteiger partial charge in [0, 0.05) is 18.0 Å². The predicted molar refractivity (Wildman–Crippen MR) is 50.4 cm³/mol. The Hall–Kier alpha value is -0.830. The highest BCUT2D eigenvalue weighted by atomic mass is 16.5. The van der Waals surface area contributed by atoms with Crippen molar-refractivity contribution in [3.63, 3.8) is 0 Å². The Balaban J connectivity index is 2.41. The molecule has 0 amide bonds. The van der Waals surface area contributed by atoms with Crippen LogP contribution in [0.1, 0.15) is 37.5 Å². The van der Waals surface area contributed by atoms with E-state index in [2.05, 4.69) is 19.0 Å². The van der Waals surface area contributed by atoms with E-state index in [4.69, 9.17) is 10.3 Å². The molecule has 0 radical (unpaired) electrons. The number of fused-ring (bicyclic) bond motifs is 1. The molecule has 2 rings (SSSR count). The van der Waals surface area contributed by atoms with E-state index in [1.165, 1.54) is 12.0 Å². The first-order valence-electron chi connectivity index (χ1n) is 4.78. The van der Waals surface area contributed by atoms with Crippen LogP contribution < -0.4 is 5.73 Å². The van der Waals surface area contributed by atoms with E-state index in [1.807, 2.05) is 6.20 Å². The zero-order valence-corrected chi connectivity index (χ0v) is 8.21. The average Bonchev–Trinajstić information content (AvgIpc) is 2.50. The van der Waals surface area contributed by atoms with E-state index < -0.39 is 0 Å². The lowest BCUT2D eigenvalue weighted by atomic mass is 9.69. The summed E-state index contributed by atoms with van der Waals surface area (Å²) in [6.45, 7) is 5.14. The molecule has 1 atom stereocenters. The molecule has 0 aromatic carbocycles. The van der Waals surface area contributed by atoms with E-state index in [0.29, 0.717) is 12.5 Å². The molecule has 72 valence electrons. The van der Waals surface area contributed by atoms with Crippen molar-refractivity contribution in [3.05, 3.63) is 17.5 Å². The van der Waals surface area contributed by atoms with Gasteiger partial charge in [0.05, 0.1) is 6.20 Å². The van der Waals surface area contributed by atoms with Gasteiger partial charge in [-0.15, -0.1) is 0 Å². The summed E-state index contributed by atoms with van der Waals surface area (Å²) in [5, 5.41) is 3.84. The highest BCUT2D eigenvalue weighted by molar-refractivity contribution is 5.24. The Kier molecular flexibility index (Phi) is 1.91. The van der Waals surface area contributed by atoms with Gasteiger partial charge >= 0.3 is 0 Å². The smallest absolute Gasteiger partial charge is 0.144 e. The minimum absolute atomic E-state index is 0.251. The van der Waals surface area contributed by atoms with E-state index in [1.54, 1.807) is 0 Å². The summed E-state index contributed by atoms with van der Waals surface area (Å²) >= 11 is 0. The van der Waals surface area contributed by atoms with E-state index in [9.17, 15) is 0 Å². The molecule has 1 aromatic rings. The zero-order chi connectivity index (χ0) is 9.47. The molecule has 1 unspecified atom stereocenters. The first-order valence-corrected chi connectivity index (χ1v) is 4.78. The molecule has 0 spiro atoms. The predicted octanol–water partition coefficient (Wildman–Crippen LogP) is 1.69. The number of aryl methyl sites for hydroxylation is 1. The maximum atomic E-state index is 5.77. The number of hydrogen-bond acceptors (Lipinski definition) is 3. The fourth-order valence-electron chi connectivity index (χ4n) is 2.16. The quantitative estimate of drug-likeness (QED) is 0.715. The molecule has 2 N–H and O–H groups in total. The largest absolute Gasteiger partial charge is 0.361 e. The van der Waals surface area contributed by atoms with Crippen LogP contribution in [0.25, 0.3) is 0 Å². The molecule has 0 bridgehead atoms. The minimum Gasteiger partial charge on any atom is -0.361 e. The first-order chi connectivity index (χ1) is 6.15. The van der Waals surface area contributed by atoms with Crippen molar-refractivity contribution in [1.82, 2.24) is 5.16 Å². The average molecular weight is 180 g/mol. The molecular formula is C10H16N2O. The maximum absolute atomic E-state index is 5.77. The Morgan fingerprint density at radius 3 is 3.15 bits per heavy atom. The summed E-state index contributed by atoms with van der Waals surface area (Å²) < 4.78 is 5.27. The van der Waals surface area contributed by atoms with Gasteiger partial charge in [0.1, 0.15) is 5.76 Å². The van der Waals surface area contributed by atoms with E-state index in [-0.39, 0.29) is 5.41 Å². The van der Waals surface area contributed by atoms with Crippen molar-refractivity contribution in [3.8, 4) is 0 Å². The van der Waals surface area contributed by atoms with Gasteiger partial charge in [-0.2, -0.15) is 0 Å². The van der Waals surface area contributed by atoms with Crippen molar-refractivity contribution in [2.45, 2.75) is 32.6 Å². The maximum Gasteiger partial charge on any atom is 0.144 e. The van der Waals surface area contributed by atoms with Crippen LogP contribution in [0.5, 0.6) is 0 Å². The molecule has 0 saturated heterocycles. The lowest BCUT2D eigenvalue weighted by molar-refractivity contribution is 0.205. The zero-order valence-electron chi connectivity index (χ0n) is 8.21. The van der Waals surface area contributed by atoms with Crippen LogP contribution in [-0.2, 0) is 6.42 Å². The van der Waals surface area contributed by atoms with Crippen LogP contribution in [0.4, 0.5) is 0 Å². The lowest BCUT2D eigenvalue weighted by Gasteiger charge is -2.35. The van der Waals surface area contributed by atoms with Gasteiger partial charge in [-0.05, 0) is 18.3 Å². The molecule has 3 nitrogen and oxygen atoms in total. The van der Waals surface area contributed by atoms with Crippen molar-refractivity contribution >= 4 is 0 Å². The van der Waals surface area contributed by atoms with Gasteiger partial charge in [0.15, 0.2) is 0 Å². The van der Waals surface area contributed by atoms with Gasteiger partial charge in [0.25, 0.3) is 0 Å². The van der Waals surface area contributed by atoms with E-state index >= 15 is 0 Å². The normalized spacial score (nSPS) is 25.6. The van der Waals surface area contributed by atoms with Gasteiger partial charge < -0.3 is 10.3 Å². The van der Waals surface area contributed by atoms with Crippen LogP contribution in [0.15, 0.2) is 10.7 Å². The van der Waals surface area contributed by atoms with Crippen molar-refractivity contribution in [2.24, 2.45) is 11.1 Å². The third-order valence-corrected chi connectivity index (χ3v) is 3.21. The molecule has 13 heavy (non-hydrogen) atoms. The molecule has 0 fully saturated rings. The lowest BCUT2D eigenvalue weighted by Crippen LogP contribution is -2.32. The molecule has 1 aromatic heterocycles. The number of rotatable bonds is 1. The van der Waals surface area contributed by atoms with Crippen molar-refractivity contribution in [2.75, 3.05) is 6.54 Å². The second-order valence-electron chi connectivity index (χ2n) is 4.49. The Labute approximate surface area is 78.3 Å². The van der Waals surface area contributed by atoms with Gasteiger partial charge in [0.2, 0.25) is 0 Å². The van der Waals surface area contributed by atoms with Crippen molar-refractivity contribution < 1.29 is 4.52 Å². The number of hydrogen-bond donors (Lipinski definition) is 1. The fraction of sp³-hybridized carbons (Fsp3) is 0.700. The standard InChI is InChI=1S/C10H16N2O/c1-10(2)4-3-7-6-12-13-9(7)8(10)5-11/h6,8H,3-5,11H2,1-2H3. The Morgan fingerprint density at radius 1 is 1.69 bits per heavy atom. The van der Waals surface area contributed by atoms with Gasteiger partial charge in [-0.25, -0.2) is 0 Å². The minimum atomic E-state index is 0.251. The summed E-state index contributed by atoms with van der Waals surface area (Å²) in [6.07, 6.45) is 4.07. The summed E-state index contributed by atoms with van der Waals surface area (Å²) in [5.74, 6) is 1.34. The number of aromatic nitrogens is 1.